The third-order valence-corrected chi connectivity index (χ3v) is 4.52. The molecule has 1 aromatic heterocycles. The van der Waals surface area contributed by atoms with E-state index in [1.807, 2.05) is 25.3 Å². The first kappa shape index (κ1) is 15.2. The molecule has 1 aromatic carbocycles. The number of nitrogens with zero attached hydrogens (tertiary/aromatic N) is 2. The Labute approximate surface area is 132 Å². The smallest absolute Gasteiger partial charge is 0.123 e. The van der Waals surface area contributed by atoms with Gasteiger partial charge in [0.1, 0.15) is 5.82 Å². The van der Waals surface area contributed by atoms with Crippen molar-refractivity contribution in [2.24, 2.45) is 5.92 Å². The fraction of sp³-hybridized carbons (Fsp3) is 0.421. The van der Waals surface area contributed by atoms with Gasteiger partial charge < -0.3 is 0 Å². The van der Waals surface area contributed by atoms with Crippen molar-refractivity contribution in [1.82, 2.24) is 9.88 Å². The maximum absolute atomic E-state index is 12.9. The second kappa shape index (κ2) is 7.01. The van der Waals surface area contributed by atoms with Gasteiger partial charge in [0.2, 0.25) is 0 Å². The average molecular weight is 298 g/mol. The summed E-state index contributed by atoms with van der Waals surface area (Å²) in [4.78, 5) is 6.87. The molecule has 0 spiro atoms. The highest BCUT2D eigenvalue weighted by Crippen LogP contribution is 2.23. The Hall–Kier alpha value is -1.74. The normalized spacial score (nSPS) is 16.8. The van der Waals surface area contributed by atoms with Crippen LogP contribution in [0.5, 0.6) is 0 Å². The van der Waals surface area contributed by atoms with E-state index >= 15 is 0 Å². The summed E-state index contributed by atoms with van der Waals surface area (Å²) in [5.74, 6) is 0.572. The fourth-order valence-corrected chi connectivity index (χ4v) is 3.15. The summed E-state index contributed by atoms with van der Waals surface area (Å²) < 4.78 is 12.9. The molecule has 1 fully saturated rings. The van der Waals surface area contributed by atoms with Crippen LogP contribution in [-0.4, -0.2) is 23.0 Å². The van der Waals surface area contributed by atoms with Crippen molar-refractivity contribution in [1.29, 1.82) is 0 Å². The van der Waals surface area contributed by atoms with Crippen molar-refractivity contribution >= 4 is 0 Å². The van der Waals surface area contributed by atoms with E-state index in [0.717, 1.165) is 37.7 Å². The van der Waals surface area contributed by atoms with Crippen LogP contribution >= 0.6 is 0 Å². The Bertz CT molecular complexity index is 528. The number of aromatic nitrogens is 1. The van der Waals surface area contributed by atoms with Crippen LogP contribution in [-0.2, 0) is 13.0 Å². The molecule has 2 aromatic rings. The van der Waals surface area contributed by atoms with Crippen molar-refractivity contribution < 1.29 is 4.39 Å². The van der Waals surface area contributed by atoms with Gasteiger partial charge in [0.05, 0.1) is 0 Å². The van der Waals surface area contributed by atoms with Crippen molar-refractivity contribution in [2.75, 3.05) is 13.1 Å². The van der Waals surface area contributed by atoms with Gasteiger partial charge in [-0.3, -0.25) is 9.88 Å². The van der Waals surface area contributed by atoms with Gasteiger partial charge in [-0.15, -0.1) is 0 Å². The van der Waals surface area contributed by atoms with Crippen LogP contribution in [0.15, 0.2) is 42.6 Å². The van der Waals surface area contributed by atoms with Gasteiger partial charge in [0, 0.05) is 18.4 Å². The lowest BCUT2D eigenvalue weighted by atomic mass is 9.90. The van der Waals surface area contributed by atoms with Crippen LogP contribution in [0.2, 0.25) is 0 Å². The predicted octanol–water partition coefficient (Wildman–Crippen LogP) is 3.98. The molecular formula is C19H23FN2. The Balaban J connectivity index is 1.47. The second-order valence-electron chi connectivity index (χ2n) is 6.36. The van der Waals surface area contributed by atoms with Gasteiger partial charge in [-0.25, -0.2) is 4.39 Å². The highest BCUT2D eigenvalue weighted by Gasteiger charge is 2.19. The Morgan fingerprint density at radius 1 is 1.05 bits per heavy atom. The molecule has 0 atom stereocenters. The summed E-state index contributed by atoms with van der Waals surface area (Å²) >= 11 is 0. The number of halogens is 1. The van der Waals surface area contributed by atoms with E-state index < -0.39 is 0 Å². The first-order valence-electron chi connectivity index (χ1n) is 8.07. The van der Waals surface area contributed by atoms with Gasteiger partial charge >= 0.3 is 0 Å². The number of hydrogen-bond donors (Lipinski definition) is 0. The summed E-state index contributed by atoms with van der Waals surface area (Å²) in [6.07, 6.45) is 5.49. The van der Waals surface area contributed by atoms with Crippen LogP contribution < -0.4 is 0 Å². The van der Waals surface area contributed by atoms with Crippen molar-refractivity contribution in [2.45, 2.75) is 32.7 Å². The molecule has 2 heterocycles. The summed E-state index contributed by atoms with van der Waals surface area (Å²) in [5, 5.41) is 0. The summed E-state index contributed by atoms with van der Waals surface area (Å²) in [6, 6.07) is 11.2. The summed E-state index contributed by atoms with van der Waals surface area (Å²) in [7, 11) is 0. The lowest BCUT2D eigenvalue weighted by Crippen LogP contribution is -2.33. The SMILES string of the molecule is Cc1ccc(CN2CCC(Cc3ccc(F)cc3)CC2)cn1. The van der Waals surface area contributed by atoms with E-state index in [4.69, 9.17) is 0 Å². The number of rotatable bonds is 4. The molecule has 2 nitrogen and oxygen atoms in total. The molecule has 0 aliphatic carbocycles. The van der Waals surface area contributed by atoms with E-state index in [1.54, 1.807) is 12.1 Å². The molecule has 0 bridgehead atoms. The fourth-order valence-electron chi connectivity index (χ4n) is 3.15. The minimum atomic E-state index is -0.148. The molecule has 0 saturated carbocycles. The van der Waals surface area contributed by atoms with Gasteiger partial charge in [-0.2, -0.15) is 0 Å². The summed E-state index contributed by atoms with van der Waals surface area (Å²) in [6.45, 7) is 5.29. The minimum Gasteiger partial charge on any atom is -0.299 e. The van der Waals surface area contributed by atoms with Crippen LogP contribution in [0.3, 0.4) is 0 Å². The van der Waals surface area contributed by atoms with Crippen LogP contribution in [0.1, 0.15) is 29.7 Å². The average Bonchev–Trinajstić information content (AvgIpc) is 2.54. The van der Waals surface area contributed by atoms with Crippen LogP contribution in [0, 0.1) is 18.7 Å². The number of pyridine rings is 1. The molecule has 116 valence electrons. The lowest BCUT2D eigenvalue weighted by molar-refractivity contribution is 0.177. The van der Waals surface area contributed by atoms with Gasteiger partial charge in [-0.05, 0) is 74.5 Å². The molecule has 0 radical (unpaired) electrons. The number of hydrogen-bond acceptors (Lipinski definition) is 2. The molecule has 0 unspecified atom stereocenters. The molecule has 0 amide bonds. The standard InChI is InChI=1S/C19H23FN2/c1-15-2-3-18(13-21-15)14-22-10-8-17(9-11-22)12-16-4-6-19(20)7-5-16/h2-7,13,17H,8-12,14H2,1H3. The number of benzene rings is 1. The maximum atomic E-state index is 12.9. The van der Waals surface area contributed by atoms with Gasteiger partial charge in [0.15, 0.2) is 0 Å². The molecule has 3 heteroatoms. The first-order valence-corrected chi connectivity index (χ1v) is 8.07. The summed E-state index contributed by atoms with van der Waals surface area (Å²) in [5.41, 5.74) is 3.62. The number of likely N-dealkylation sites (tertiary alicyclic amines) is 1. The predicted molar refractivity (Wildman–Crippen MR) is 87.1 cm³/mol. The van der Waals surface area contributed by atoms with Crippen molar-refractivity contribution in [3.63, 3.8) is 0 Å². The van der Waals surface area contributed by atoms with Crippen molar-refractivity contribution in [3.8, 4) is 0 Å². The third kappa shape index (κ3) is 4.14. The number of aryl methyl sites for hydroxylation is 1. The molecule has 1 aliphatic heterocycles. The van der Waals surface area contributed by atoms with E-state index in [2.05, 4.69) is 22.0 Å². The Morgan fingerprint density at radius 3 is 2.36 bits per heavy atom. The van der Waals surface area contributed by atoms with E-state index in [0.29, 0.717) is 0 Å². The van der Waals surface area contributed by atoms with Gasteiger partial charge in [0.25, 0.3) is 0 Å². The Kier molecular flexibility index (Phi) is 4.84. The van der Waals surface area contributed by atoms with Gasteiger partial charge in [-0.1, -0.05) is 18.2 Å². The van der Waals surface area contributed by atoms with Crippen LogP contribution in [0.25, 0.3) is 0 Å². The molecule has 3 rings (SSSR count). The van der Waals surface area contributed by atoms with E-state index in [1.165, 1.54) is 24.0 Å². The zero-order chi connectivity index (χ0) is 15.4. The zero-order valence-electron chi connectivity index (χ0n) is 13.1. The quantitative estimate of drug-likeness (QED) is 0.848. The lowest BCUT2D eigenvalue weighted by Gasteiger charge is -2.32. The molecule has 1 saturated heterocycles. The van der Waals surface area contributed by atoms with E-state index in [9.17, 15) is 4.39 Å². The number of piperidine rings is 1. The maximum Gasteiger partial charge on any atom is 0.123 e. The molecule has 1 aliphatic rings. The minimum absolute atomic E-state index is 0.148. The van der Waals surface area contributed by atoms with Crippen molar-refractivity contribution in [3.05, 3.63) is 65.2 Å². The molecule has 0 N–H and O–H groups in total. The third-order valence-electron chi connectivity index (χ3n) is 4.52. The molecular weight excluding hydrogens is 275 g/mol. The highest BCUT2D eigenvalue weighted by molar-refractivity contribution is 5.17. The molecule has 22 heavy (non-hydrogen) atoms. The zero-order valence-corrected chi connectivity index (χ0v) is 13.1. The largest absolute Gasteiger partial charge is 0.299 e. The topological polar surface area (TPSA) is 16.1 Å². The van der Waals surface area contributed by atoms with Crippen LogP contribution in [0.4, 0.5) is 4.39 Å². The van der Waals surface area contributed by atoms with E-state index in [-0.39, 0.29) is 5.82 Å². The Morgan fingerprint density at radius 2 is 1.73 bits per heavy atom. The second-order valence-corrected chi connectivity index (χ2v) is 6.36. The highest BCUT2D eigenvalue weighted by atomic mass is 19.1. The first-order chi connectivity index (χ1) is 10.7. The monoisotopic (exact) mass is 298 g/mol.